The van der Waals surface area contributed by atoms with Gasteiger partial charge in [-0.2, -0.15) is 13.2 Å². The lowest BCUT2D eigenvalue weighted by atomic mass is 9.96. The van der Waals surface area contributed by atoms with Crippen LogP contribution in [0.4, 0.5) is 40.3 Å². The van der Waals surface area contributed by atoms with Gasteiger partial charge in [0.25, 0.3) is 19.9 Å². The largest absolute Gasteiger partial charge is 0.501 e. The lowest BCUT2D eigenvalue weighted by Gasteiger charge is -2.37. The van der Waals surface area contributed by atoms with Gasteiger partial charge in [-0.05, 0) is 142 Å². The molecule has 406 valence electrons. The molecule has 6 aromatic rings. The number of anilines is 4. The van der Waals surface area contributed by atoms with Gasteiger partial charge in [-0.1, -0.05) is 55.8 Å². The smallest absolute Gasteiger partial charge is 0.478 e. The molecule has 0 radical (unpaired) electrons. The molecule has 0 aliphatic carbocycles. The Balaban J connectivity index is 0.966. The van der Waals surface area contributed by atoms with E-state index in [-0.39, 0.29) is 16.9 Å². The number of benzene rings is 5. The highest BCUT2D eigenvalue weighted by Gasteiger charge is 2.48. The van der Waals surface area contributed by atoms with Crippen molar-refractivity contribution in [1.82, 2.24) is 14.8 Å². The number of sulfonamides is 1. The number of rotatable bonds is 20. The minimum atomic E-state index is -6.04. The van der Waals surface area contributed by atoms with Crippen LogP contribution < -0.4 is 25.2 Å². The average molecular weight is 1120 g/mol. The van der Waals surface area contributed by atoms with Crippen LogP contribution in [0.1, 0.15) is 56.1 Å². The monoisotopic (exact) mass is 1120 g/mol. The lowest BCUT2D eigenvalue weighted by molar-refractivity contribution is -0.0436. The SMILES string of the molecule is CCn1c(C)c(C(=O)O)c(-c2cc(F)cc(N3CCN(c4ccc(NS(=O)(=O)c5ccc(N[C@H](CCN6CCC(NC(C)C)CC6)CSc6ccccc6)c(S(=O)(=O)C(F)(F)F)c5)cc4)CC3)c2)c1-c1ccc(Cl)cc1. The number of nitrogens with one attached hydrogen (secondary N) is 3. The van der Waals surface area contributed by atoms with Gasteiger partial charge in [0.1, 0.15) is 10.7 Å². The van der Waals surface area contributed by atoms with Crippen molar-refractivity contribution >= 4 is 71.9 Å². The molecular weight excluding hydrogens is 1060 g/mol. The molecule has 1 atom stereocenters. The molecule has 0 saturated carbocycles. The summed E-state index contributed by atoms with van der Waals surface area (Å²) in [6, 6.07) is 30.4. The fourth-order valence-electron chi connectivity index (χ4n) is 10.1. The highest BCUT2D eigenvalue weighted by molar-refractivity contribution is 7.99. The summed E-state index contributed by atoms with van der Waals surface area (Å²) in [4.78, 5) is 18.2. The molecule has 4 N–H and O–H groups in total. The van der Waals surface area contributed by atoms with E-state index in [1.54, 1.807) is 37.3 Å². The number of alkyl halides is 3. The highest BCUT2D eigenvalue weighted by Crippen LogP contribution is 2.42. The van der Waals surface area contributed by atoms with E-state index >= 15 is 4.39 Å². The summed E-state index contributed by atoms with van der Waals surface area (Å²) < 4.78 is 117. The second-order valence-corrected chi connectivity index (χ2v) is 24.5. The zero-order chi connectivity index (χ0) is 54.5. The van der Waals surface area contributed by atoms with Gasteiger partial charge in [0.15, 0.2) is 0 Å². The van der Waals surface area contributed by atoms with Crippen molar-refractivity contribution in [2.24, 2.45) is 0 Å². The molecule has 8 rings (SSSR count). The summed E-state index contributed by atoms with van der Waals surface area (Å²) in [7, 11) is -10.7. The molecule has 2 saturated heterocycles. The molecule has 2 fully saturated rings. The zero-order valence-electron chi connectivity index (χ0n) is 42.6. The van der Waals surface area contributed by atoms with Crippen molar-refractivity contribution in [3.63, 3.8) is 0 Å². The van der Waals surface area contributed by atoms with Crippen LogP contribution in [0.3, 0.4) is 0 Å². The van der Waals surface area contributed by atoms with Gasteiger partial charge in [0.05, 0.1) is 21.8 Å². The van der Waals surface area contributed by atoms with E-state index < -0.39 is 53.0 Å². The first-order valence-corrected chi connectivity index (χ1v) is 29.5. The average Bonchev–Trinajstić information content (AvgIpc) is 3.70. The molecule has 76 heavy (non-hydrogen) atoms. The number of piperidine rings is 1. The first kappa shape index (κ1) is 56.4. The van der Waals surface area contributed by atoms with E-state index in [0.29, 0.717) is 103 Å². The molecular formula is C55H62ClF4N7O6S3. The van der Waals surface area contributed by atoms with Crippen molar-refractivity contribution in [2.75, 3.05) is 71.4 Å². The predicted octanol–water partition coefficient (Wildman–Crippen LogP) is 11.5. The molecule has 2 aliphatic rings. The van der Waals surface area contributed by atoms with E-state index in [0.717, 1.165) is 54.2 Å². The molecule has 0 spiro atoms. The minimum Gasteiger partial charge on any atom is -0.478 e. The van der Waals surface area contributed by atoms with E-state index in [1.807, 2.05) is 58.9 Å². The highest BCUT2D eigenvalue weighted by atomic mass is 35.5. The number of halogens is 5. The number of carbonyl (C=O) groups is 1. The van der Waals surface area contributed by atoms with E-state index in [1.165, 1.54) is 36.0 Å². The van der Waals surface area contributed by atoms with Gasteiger partial charge < -0.3 is 35.0 Å². The van der Waals surface area contributed by atoms with Gasteiger partial charge in [0, 0.05) is 101 Å². The van der Waals surface area contributed by atoms with Gasteiger partial charge in [0.2, 0.25) is 0 Å². The number of carboxylic acid groups (broad SMARTS) is 1. The minimum absolute atomic E-state index is 0.0777. The van der Waals surface area contributed by atoms with Crippen LogP contribution >= 0.6 is 23.4 Å². The number of aromatic nitrogens is 1. The summed E-state index contributed by atoms with van der Waals surface area (Å²) in [6.45, 7) is 12.5. The number of sulfone groups is 1. The Morgan fingerprint density at radius 1 is 0.816 bits per heavy atom. The lowest BCUT2D eigenvalue weighted by Crippen LogP contribution is -2.46. The maximum absolute atomic E-state index is 15.6. The normalized spacial score (nSPS) is 15.6. The Labute approximate surface area is 451 Å². The molecule has 1 aromatic heterocycles. The topological polar surface area (TPSA) is 156 Å². The van der Waals surface area contributed by atoms with Crippen LogP contribution in [0.15, 0.2) is 130 Å². The molecule has 3 heterocycles. The third kappa shape index (κ3) is 13.1. The number of hydrogen-bond acceptors (Lipinski definition) is 11. The van der Waals surface area contributed by atoms with Crippen LogP contribution in [-0.2, 0) is 26.4 Å². The van der Waals surface area contributed by atoms with Crippen LogP contribution in [0.5, 0.6) is 0 Å². The van der Waals surface area contributed by atoms with E-state index in [2.05, 4.69) is 39.0 Å². The quantitative estimate of drug-likeness (QED) is 0.0425. The number of likely N-dealkylation sites (tertiary alicyclic amines) is 1. The Bertz CT molecular complexity index is 3220. The summed E-state index contributed by atoms with van der Waals surface area (Å²) in [5, 5.41) is 17.6. The van der Waals surface area contributed by atoms with Crippen LogP contribution in [0.2, 0.25) is 5.02 Å². The molecule has 13 nitrogen and oxygen atoms in total. The molecule has 5 aromatic carbocycles. The van der Waals surface area contributed by atoms with Crippen LogP contribution in [0.25, 0.3) is 22.4 Å². The van der Waals surface area contributed by atoms with E-state index in [9.17, 15) is 39.9 Å². The van der Waals surface area contributed by atoms with E-state index in [4.69, 9.17) is 11.6 Å². The maximum Gasteiger partial charge on any atom is 0.501 e. The summed E-state index contributed by atoms with van der Waals surface area (Å²) >= 11 is 7.68. The first-order valence-electron chi connectivity index (χ1n) is 25.2. The maximum atomic E-state index is 15.6. The molecule has 21 heteroatoms. The second kappa shape index (κ2) is 23.9. The standard InChI is InChI=1S/C55H62ClF4N7O6S3/c1-5-67-37(4)51(54(68)69)52(53(67)38-11-13-40(56)14-12-38)39-31-41(57)33-46(32-39)66-29-27-65(28-30-66)45-17-15-43(16-18-45)63-76(72,73)48-19-20-49(50(34-48)75(70,71)55(58,59)60)62-44(35-74-47-9-7-6-8-10-47)23-26-64-24-21-42(22-25-64)61-36(2)3/h6-20,31-34,36,42,44,61-63H,5,21-30,35H2,1-4H3,(H,68,69)/t44-/m1/s1. The van der Waals surface area contributed by atoms with Crippen molar-refractivity contribution in [3.8, 4) is 22.4 Å². The second-order valence-electron chi connectivity index (χ2n) is 19.4. The first-order chi connectivity index (χ1) is 36.1. The third-order valence-electron chi connectivity index (χ3n) is 13.8. The van der Waals surface area contributed by atoms with Crippen molar-refractivity contribution in [2.45, 2.75) is 91.8 Å². The number of nitrogens with zero attached hydrogens (tertiary/aromatic N) is 4. The number of thioether (sulfide) groups is 1. The summed E-state index contributed by atoms with van der Waals surface area (Å²) in [5.74, 6) is -1.28. The zero-order valence-corrected chi connectivity index (χ0v) is 45.8. The van der Waals surface area contributed by atoms with Crippen LogP contribution in [-0.4, -0.2) is 113 Å². The van der Waals surface area contributed by atoms with Crippen LogP contribution in [0, 0.1) is 12.7 Å². The fraction of sp³-hybridized carbons (Fsp3) is 0.364. The van der Waals surface area contributed by atoms with Crippen molar-refractivity contribution in [3.05, 3.63) is 137 Å². The Hall–Kier alpha value is -5.77. The molecule has 2 aliphatic heterocycles. The summed E-state index contributed by atoms with van der Waals surface area (Å²) in [6.07, 6.45) is 2.37. The Kier molecular flexibility index (Phi) is 17.7. The molecule has 0 amide bonds. The van der Waals surface area contributed by atoms with Gasteiger partial charge >= 0.3 is 11.5 Å². The van der Waals surface area contributed by atoms with Gasteiger partial charge in [-0.25, -0.2) is 26.0 Å². The van der Waals surface area contributed by atoms with Gasteiger partial charge in [-0.3, -0.25) is 4.72 Å². The third-order valence-corrected chi connectivity index (χ3v) is 18.2. The molecule has 0 unspecified atom stereocenters. The predicted molar refractivity (Wildman–Crippen MR) is 296 cm³/mol. The molecule has 0 bridgehead atoms. The van der Waals surface area contributed by atoms with Crippen molar-refractivity contribution in [1.29, 1.82) is 0 Å². The Morgan fingerprint density at radius 3 is 2.07 bits per heavy atom. The number of aromatic carboxylic acids is 1. The van der Waals surface area contributed by atoms with Crippen molar-refractivity contribution < 1.29 is 44.3 Å². The number of piperazine rings is 1. The number of hydrogen-bond donors (Lipinski definition) is 4. The Morgan fingerprint density at radius 2 is 1.46 bits per heavy atom. The summed E-state index contributed by atoms with van der Waals surface area (Å²) in [5.41, 5.74) is -1.90. The van der Waals surface area contributed by atoms with Gasteiger partial charge in [-0.15, -0.1) is 11.8 Å². The fourth-order valence-corrected chi connectivity index (χ4v) is 13.3. The number of carboxylic acids is 1.